The summed E-state index contributed by atoms with van der Waals surface area (Å²) in [5.41, 5.74) is 0. The van der Waals surface area contributed by atoms with E-state index >= 15 is 0 Å². The average molecular weight is 128 g/mol. The standard InChI is InChI=1S/CH4OSe.H3N/c1-3-2;/h2H,1H3;1H3. The molecule has 0 bridgehead atoms. The van der Waals surface area contributed by atoms with Crippen LogP contribution in [0.25, 0.3) is 0 Å². The first kappa shape index (κ1) is 8.83. The van der Waals surface area contributed by atoms with Gasteiger partial charge in [0.05, 0.1) is 0 Å². The maximum Gasteiger partial charge on any atom is -0.344 e. The van der Waals surface area contributed by atoms with E-state index in [1.54, 1.807) is 5.82 Å². The minimum atomic E-state index is -0.125. The zero-order chi connectivity index (χ0) is 2.71. The first-order valence-corrected chi connectivity index (χ1v) is 3.07. The molecule has 0 aliphatic rings. The zero-order valence-electron chi connectivity index (χ0n) is 2.56. The van der Waals surface area contributed by atoms with Gasteiger partial charge < -0.3 is 6.15 Å². The van der Waals surface area contributed by atoms with Gasteiger partial charge in [0.2, 0.25) is 0 Å². The van der Waals surface area contributed by atoms with Crippen LogP contribution in [-0.2, 0) is 0 Å². The third-order valence-corrected chi connectivity index (χ3v) is 0. The van der Waals surface area contributed by atoms with Crippen molar-refractivity contribution in [3.63, 3.8) is 0 Å². The molecule has 0 aliphatic heterocycles. The van der Waals surface area contributed by atoms with Gasteiger partial charge in [0.15, 0.2) is 0 Å². The van der Waals surface area contributed by atoms with Gasteiger partial charge in [-0.25, -0.2) is 0 Å². The molecule has 0 aromatic heterocycles. The summed E-state index contributed by atoms with van der Waals surface area (Å²) in [5, 5.41) is 0. The molecule has 3 heteroatoms. The van der Waals surface area contributed by atoms with E-state index in [1.807, 2.05) is 0 Å². The van der Waals surface area contributed by atoms with Gasteiger partial charge in [0.1, 0.15) is 0 Å². The fourth-order valence-electron chi connectivity index (χ4n) is 0. The van der Waals surface area contributed by atoms with Gasteiger partial charge >= 0.3 is 25.3 Å². The molecule has 2 nitrogen and oxygen atoms in total. The monoisotopic (exact) mass is 129 g/mol. The van der Waals surface area contributed by atoms with E-state index in [2.05, 4.69) is 0 Å². The van der Waals surface area contributed by atoms with Crippen LogP contribution in [0.1, 0.15) is 0 Å². The van der Waals surface area contributed by atoms with Crippen LogP contribution in [0.2, 0.25) is 5.82 Å². The Labute approximate surface area is 32.3 Å². The normalized spacial score (nSPS) is 4.50. The largest absolute Gasteiger partial charge is 0.344 e. The molecule has 0 aromatic carbocycles. The van der Waals surface area contributed by atoms with E-state index < -0.39 is 0 Å². The Morgan fingerprint density at radius 2 is 1.75 bits per heavy atom. The van der Waals surface area contributed by atoms with Crippen LogP contribution in [0.5, 0.6) is 0 Å². The van der Waals surface area contributed by atoms with Gasteiger partial charge in [-0.05, 0) is 0 Å². The topological polar surface area (TPSA) is 55.2 Å². The Morgan fingerprint density at radius 1 is 1.75 bits per heavy atom. The van der Waals surface area contributed by atoms with Gasteiger partial charge in [-0.1, -0.05) is 0 Å². The molecule has 28 valence electrons. The maximum absolute atomic E-state index is 7.63. The first-order chi connectivity index (χ1) is 1.41. The van der Waals surface area contributed by atoms with Gasteiger partial charge in [0.25, 0.3) is 0 Å². The Hall–Kier alpha value is 0.439. The Balaban J connectivity index is 0. The van der Waals surface area contributed by atoms with Crippen molar-refractivity contribution in [2.45, 2.75) is 5.82 Å². The summed E-state index contributed by atoms with van der Waals surface area (Å²) in [6.45, 7) is 0. The van der Waals surface area contributed by atoms with Crippen molar-refractivity contribution in [3.05, 3.63) is 0 Å². The third kappa shape index (κ3) is 26.2. The van der Waals surface area contributed by atoms with Crippen molar-refractivity contribution >= 4 is 15.3 Å². The molecule has 0 spiro atoms. The molecule has 0 aliphatic carbocycles. The fourth-order valence-corrected chi connectivity index (χ4v) is 0. The van der Waals surface area contributed by atoms with Crippen LogP contribution in [0.3, 0.4) is 0 Å². The molecule has 4 N–H and O–H groups in total. The van der Waals surface area contributed by atoms with Crippen molar-refractivity contribution in [1.82, 2.24) is 6.15 Å². The second-order valence-electron chi connectivity index (χ2n) is 0.183. The Bertz CT molecular complexity index is 8.00. The van der Waals surface area contributed by atoms with Gasteiger partial charge in [-0.2, -0.15) is 0 Å². The van der Waals surface area contributed by atoms with Crippen LogP contribution in [0.15, 0.2) is 0 Å². The van der Waals surface area contributed by atoms with E-state index in [9.17, 15) is 0 Å². The molecule has 0 fully saturated rings. The smallest absolute Gasteiger partial charge is 0.344 e. The summed E-state index contributed by atoms with van der Waals surface area (Å²) in [5.74, 6) is 1.74. The molecule has 0 aromatic rings. The summed E-state index contributed by atoms with van der Waals surface area (Å²) < 4.78 is 7.63. The van der Waals surface area contributed by atoms with Crippen LogP contribution < -0.4 is 6.15 Å². The molecular formula is CH7NOSe. The third-order valence-electron chi connectivity index (χ3n) is 0. The minimum Gasteiger partial charge on any atom is -0.344 e. The molecule has 0 heterocycles. The van der Waals surface area contributed by atoms with E-state index in [-0.39, 0.29) is 21.4 Å². The molecular weight excluding hydrogens is 121 g/mol. The van der Waals surface area contributed by atoms with Gasteiger partial charge in [-0.15, -0.1) is 0 Å². The van der Waals surface area contributed by atoms with Crippen molar-refractivity contribution < 1.29 is 4.19 Å². The summed E-state index contributed by atoms with van der Waals surface area (Å²) in [4.78, 5) is 0. The number of hydrogen-bond acceptors (Lipinski definition) is 2. The van der Waals surface area contributed by atoms with Crippen LogP contribution in [-0.4, -0.2) is 19.5 Å². The maximum atomic E-state index is 7.63. The van der Waals surface area contributed by atoms with Crippen LogP contribution in [0, 0.1) is 0 Å². The van der Waals surface area contributed by atoms with E-state index in [4.69, 9.17) is 4.19 Å². The summed E-state index contributed by atoms with van der Waals surface area (Å²) in [7, 11) is 0. The van der Waals surface area contributed by atoms with Crippen molar-refractivity contribution in [3.8, 4) is 0 Å². The molecule has 0 rings (SSSR count). The molecule has 0 radical (unpaired) electrons. The molecule has 0 atom stereocenters. The summed E-state index contributed by atoms with van der Waals surface area (Å²) in [6, 6.07) is 0. The summed E-state index contributed by atoms with van der Waals surface area (Å²) in [6.07, 6.45) is 0. The Morgan fingerprint density at radius 3 is 1.75 bits per heavy atom. The molecule has 0 unspecified atom stereocenters. The zero-order valence-corrected chi connectivity index (χ0v) is 4.28. The van der Waals surface area contributed by atoms with Crippen molar-refractivity contribution in [2.24, 2.45) is 0 Å². The van der Waals surface area contributed by atoms with E-state index in [0.29, 0.717) is 0 Å². The molecule has 0 saturated heterocycles. The first-order valence-electron chi connectivity index (χ1n) is 0.591. The van der Waals surface area contributed by atoms with Gasteiger partial charge in [-0.3, -0.25) is 0 Å². The fraction of sp³-hybridized carbons (Fsp3) is 1.00. The second kappa shape index (κ2) is 9.88. The van der Waals surface area contributed by atoms with Crippen molar-refractivity contribution in [1.29, 1.82) is 0 Å². The summed E-state index contributed by atoms with van der Waals surface area (Å²) >= 11 is -0.125. The molecule has 0 amide bonds. The average Bonchev–Trinajstić information content (AvgIpc) is 0.918. The van der Waals surface area contributed by atoms with E-state index in [1.165, 1.54) is 0 Å². The Kier molecular flexibility index (Phi) is 21.8. The molecule has 0 saturated carbocycles. The molecule has 4 heavy (non-hydrogen) atoms. The predicted octanol–water partition coefficient (Wildman–Crippen LogP) is -0.192. The predicted molar refractivity (Wildman–Crippen MR) is 18.9 cm³/mol. The van der Waals surface area contributed by atoms with Crippen LogP contribution in [0.4, 0.5) is 0 Å². The van der Waals surface area contributed by atoms with E-state index in [0.717, 1.165) is 0 Å². The SMILES string of the molecule is C[Se]O.N. The quantitative estimate of drug-likeness (QED) is 0.444. The minimum absolute atomic E-state index is 0. The number of hydrogen-bond donors (Lipinski definition) is 2. The second-order valence-corrected chi connectivity index (χ2v) is 0.949. The number of rotatable bonds is 0. The van der Waals surface area contributed by atoms with Crippen LogP contribution >= 0.6 is 0 Å². The van der Waals surface area contributed by atoms with Crippen molar-refractivity contribution in [2.75, 3.05) is 0 Å². The van der Waals surface area contributed by atoms with Gasteiger partial charge in [0, 0.05) is 0 Å².